The van der Waals surface area contributed by atoms with Gasteiger partial charge in [-0.25, -0.2) is 4.79 Å². The van der Waals surface area contributed by atoms with E-state index in [0.29, 0.717) is 29.2 Å². The number of para-hydroxylation sites is 1. The number of hydrogen-bond donors (Lipinski definition) is 3. The summed E-state index contributed by atoms with van der Waals surface area (Å²) in [4.78, 5) is 11.7. The van der Waals surface area contributed by atoms with Gasteiger partial charge in [-0.2, -0.15) is 0 Å². The highest BCUT2D eigenvalue weighted by atomic mass is 16.5. The van der Waals surface area contributed by atoms with Crippen LogP contribution in [0.4, 0.5) is 17.1 Å². The quantitative estimate of drug-likeness (QED) is 0.581. The maximum Gasteiger partial charge on any atom is 0.338 e. The number of benzene rings is 2. The molecule has 0 unspecified atom stereocenters. The Morgan fingerprint density at radius 1 is 1.19 bits per heavy atom. The first kappa shape index (κ1) is 14.7. The molecule has 2 aromatic carbocycles. The molecule has 0 aliphatic rings. The molecule has 0 radical (unpaired) electrons. The highest BCUT2D eigenvalue weighted by molar-refractivity contribution is 5.91. The van der Waals surface area contributed by atoms with Crippen LogP contribution < -0.4 is 10.6 Å². The number of hydrogen-bond acceptors (Lipinski definition) is 5. The lowest BCUT2D eigenvalue weighted by Gasteiger charge is -2.12. The molecule has 5 nitrogen and oxygen atoms in total. The number of rotatable bonds is 5. The van der Waals surface area contributed by atoms with E-state index in [0.717, 1.165) is 0 Å². The molecule has 0 aliphatic heterocycles. The Labute approximate surface area is 123 Å². The molecule has 0 heterocycles. The van der Waals surface area contributed by atoms with Gasteiger partial charge in [-0.1, -0.05) is 12.1 Å². The average Bonchev–Trinajstić information content (AvgIpc) is 2.50. The second-order valence-corrected chi connectivity index (χ2v) is 4.38. The molecule has 0 aliphatic carbocycles. The van der Waals surface area contributed by atoms with Crippen LogP contribution in [0.25, 0.3) is 0 Å². The summed E-state index contributed by atoms with van der Waals surface area (Å²) in [7, 11) is 1.74. The molecular weight excluding hydrogens is 268 g/mol. The first-order chi connectivity index (χ1) is 10.2. The number of aromatic hydroxyl groups is 1. The largest absolute Gasteiger partial charge is 0.504 e. The van der Waals surface area contributed by atoms with Gasteiger partial charge >= 0.3 is 5.97 Å². The van der Waals surface area contributed by atoms with Crippen molar-refractivity contribution in [2.45, 2.75) is 6.92 Å². The molecule has 0 saturated carbocycles. The van der Waals surface area contributed by atoms with E-state index in [4.69, 9.17) is 4.74 Å². The highest BCUT2D eigenvalue weighted by Gasteiger charge is 2.09. The van der Waals surface area contributed by atoms with E-state index >= 15 is 0 Å². The van der Waals surface area contributed by atoms with Gasteiger partial charge in [0.1, 0.15) is 0 Å². The van der Waals surface area contributed by atoms with Crippen molar-refractivity contribution < 1.29 is 14.6 Å². The SMILES string of the molecule is CCOC(=O)c1cccc(Nc2cccc(NC)c2O)c1. The van der Waals surface area contributed by atoms with Gasteiger partial charge in [-0.05, 0) is 37.3 Å². The third kappa shape index (κ3) is 3.45. The van der Waals surface area contributed by atoms with Crippen LogP contribution >= 0.6 is 0 Å². The fourth-order valence-electron chi connectivity index (χ4n) is 1.94. The summed E-state index contributed by atoms with van der Waals surface area (Å²) in [6.07, 6.45) is 0. The van der Waals surface area contributed by atoms with Crippen molar-refractivity contribution in [3.05, 3.63) is 48.0 Å². The first-order valence-electron chi connectivity index (χ1n) is 6.69. The van der Waals surface area contributed by atoms with Crippen molar-refractivity contribution in [3.63, 3.8) is 0 Å². The summed E-state index contributed by atoms with van der Waals surface area (Å²) in [6.45, 7) is 2.10. The predicted octanol–water partition coefficient (Wildman–Crippen LogP) is 3.35. The van der Waals surface area contributed by atoms with Crippen LogP contribution in [-0.2, 0) is 4.74 Å². The van der Waals surface area contributed by atoms with Crippen molar-refractivity contribution in [2.24, 2.45) is 0 Å². The minimum absolute atomic E-state index is 0.126. The van der Waals surface area contributed by atoms with Crippen LogP contribution in [0, 0.1) is 0 Å². The lowest BCUT2D eigenvalue weighted by atomic mass is 10.2. The number of nitrogens with one attached hydrogen (secondary N) is 2. The highest BCUT2D eigenvalue weighted by Crippen LogP contribution is 2.33. The van der Waals surface area contributed by atoms with Crippen LogP contribution in [-0.4, -0.2) is 24.7 Å². The van der Waals surface area contributed by atoms with E-state index in [1.807, 2.05) is 12.1 Å². The van der Waals surface area contributed by atoms with E-state index in [2.05, 4.69) is 10.6 Å². The van der Waals surface area contributed by atoms with Crippen molar-refractivity contribution in [1.29, 1.82) is 0 Å². The summed E-state index contributed by atoms with van der Waals surface area (Å²) in [5.74, 6) is -0.240. The van der Waals surface area contributed by atoms with Crippen LogP contribution in [0.15, 0.2) is 42.5 Å². The Morgan fingerprint density at radius 3 is 2.62 bits per heavy atom. The maximum atomic E-state index is 11.7. The second kappa shape index (κ2) is 6.65. The zero-order chi connectivity index (χ0) is 15.2. The molecule has 2 aromatic rings. The molecule has 0 spiro atoms. The van der Waals surface area contributed by atoms with E-state index < -0.39 is 0 Å². The van der Waals surface area contributed by atoms with E-state index in [9.17, 15) is 9.90 Å². The molecule has 0 amide bonds. The van der Waals surface area contributed by atoms with Crippen molar-refractivity contribution in [1.82, 2.24) is 0 Å². The zero-order valence-electron chi connectivity index (χ0n) is 12.0. The molecule has 0 atom stereocenters. The number of ether oxygens (including phenoxy) is 1. The summed E-state index contributed by atoms with van der Waals surface area (Å²) < 4.78 is 4.97. The normalized spacial score (nSPS) is 10.0. The minimum atomic E-state index is -0.366. The van der Waals surface area contributed by atoms with Crippen LogP contribution in [0.1, 0.15) is 17.3 Å². The molecular formula is C16H18N2O3. The topological polar surface area (TPSA) is 70.6 Å². The Hall–Kier alpha value is -2.69. The Bertz CT molecular complexity index is 641. The van der Waals surface area contributed by atoms with Gasteiger partial charge in [-0.3, -0.25) is 0 Å². The molecule has 0 fully saturated rings. The maximum absolute atomic E-state index is 11.7. The summed E-state index contributed by atoms with van der Waals surface area (Å²) in [5.41, 5.74) is 2.35. The van der Waals surface area contributed by atoms with Crippen LogP contribution in [0.2, 0.25) is 0 Å². The number of phenolic OH excluding ortho intramolecular Hbond substituents is 1. The summed E-state index contributed by atoms with van der Waals surface area (Å²) >= 11 is 0. The molecule has 0 saturated heterocycles. The van der Waals surface area contributed by atoms with Crippen LogP contribution in [0.5, 0.6) is 5.75 Å². The third-order valence-electron chi connectivity index (χ3n) is 2.96. The number of carbonyl (C=O) groups is 1. The van der Waals surface area contributed by atoms with E-state index in [-0.39, 0.29) is 11.7 Å². The number of carbonyl (C=O) groups excluding carboxylic acids is 1. The predicted molar refractivity (Wildman–Crippen MR) is 83.3 cm³/mol. The Morgan fingerprint density at radius 2 is 1.90 bits per heavy atom. The smallest absolute Gasteiger partial charge is 0.338 e. The molecule has 0 bridgehead atoms. The third-order valence-corrected chi connectivity index (χ3v) is 2.96. The Kier molecular flexibility index (Phi) is 4.66. The standard InChI is InChI=1S/C16H18N2O3/c1-3-21-16(20)11-6-4-7-12(10-11)18-14-9-5-8-13(17-2)15(14)19/h4-10,17-19H,3H2,1-2H3. The molecule has 2 rings (SSSR count). The number of esters is 1. The minimum Gasteiger partial charge on any atom is -0.504 e. The average molecular weight is 286 g/mol. The van der Waals surface area contributed by atoms with Crippen molar-refractivity contribution >= 4 is 23.0 Å². The second-order valence-electron chi connectivity index (χ2n) is 4.38. The molecule has 5 heteroatoms. The number of phenols is 1. The Balaban J connectivity index is 2.24. The molecule has 3 N–H and O–H groups in total. The fraction of sp³-hybridized carbons (Fsp3) is 0.188. The lowest BCUT2D eigenvalue weighted by Crippen LogP contribution is -2.05. The fourth-order valence-corrected chi connectivity index (χ4v) is 1.94. The number of anilines is 3. The summed E-state index contributed by atoms with van der Waals surface area (Å²) in [5, 5.41) is 16.1. The molecule has 110 valence electrons. The van der Waals surface area contributed by atoms with Crippen molar-refractivity contribution in [2.75, 3.05) is 24.3 Å². The molecule has 21 heavy (non-hydrogen) atoms. The molecule has 0 aromatic heterocycles. The van der Waals surface area contributed by atoms with E-state index in [1.54, 1.807) is 44.3 Å². The van der Waals surface area contributed by atoms with E-state index in [1.165, 1.54) is 0 Å². The van der Waals surface area contributed by atoms with Crippen molar-refractivity contribution in [3.8, 4) is 5.75 Å². The van der Waals surface area contributed by atoms with Crippen LogP contribution in [0.3, 0.4) is 0 Å². The van der Waals surface area contributed by atoms with Gasteiger partial charge in [0.25, 0.3) is 0 Å². The van der Waals surface area contributed by atoms with Gasteiger partial charge < -0.3 is 20.5 Å². The first-order valence-corrected chi connectivity index (χ1v) is 6.69. The van der Waals surface area contributed by atoms with Gasteiger partial charge in [0.15, 0.2) is 5.75 Å². The van der Waals surface area contributed by atoms with Gasteiger partial charge in [0.2, 0.25) is 0 Å². The van der Waals surface area contributed by atoms with Gasteiger partial charge in [0.05, 0.1) is 23.5 Å². The zero-order valence-corrected chi connectivity index (χ0v) is 12.0. The monoisotopic (exact) mass is 286 g/mol. The van der Waals surface area contributed by atoms with Gasteiger partial charge in [0, 0.05) is 12.7 Å². The van der Waals surface area contributed by atoms with Gasteiger partial charge in [-0.15, -0.1) is 0 Å². The summed E-state index contributed by atoms with van der Waals surface area (Å²) in [6, 6.07) is 12.3. The lowest BCUT2D eigenvalue weighted by molar-refractivity contribution is 0.0526.